The van der Waals surface area contributed by atoms with Crippen molar-refractivity contribution in [2.45, 2.75) is 6.04 Å². The highest BCUT2D eigenvalue weighted by Gasteiger charge is 2.16. The molecule has 0 bridgehead atoms. The minimum absolute atomic E-state index is 0.236. The molecule has 0 aromatic heterocycles. The second kappa shape index (κ2) is 7.00. The third-order valence-corrected chi connectivity index (χ3v) is 2.87. The fourth-order valence-electron chi connectivity index (χ4n) is 1.73. The van der Waals surface area contributed by atoms with Gasteiger partial charge < -0.3 is 9.64 Å². The topological polar surface area (TPSA) is 39.5 Å². The Hall–Kier alpha value is -1.57. The molecular formula is C14H21N3O. The number of benzene rings is 1. The van der Waals surface area contributed by atoms with Crippen molar-refractivity contribution in [1.29, 1.82) is 5.26 Å². The maximum Gasteiger partial charge on any atom is 0.123 e. The van der Waals surface area contributed by atoms with E-state index < -0.39 is 0 Å². The maximum absolute atomic E-state index is 9.33. The van der Waals surface area contributed by atoms with Crippen LogP contribution in [-0.2, 0) is 0 Å². The van der Waals surface area contributed by atoms with Crippen molar-refractivity contribution in [2.75, 3.05) is 41.3 Å². The summed E-state index contributed by atoms with van der Waals surface area (Å²) in [5.74, 6) is 0.786. The van der Waals surface area contributed by atoms with E-state index in [2.05, 4.69) is 15.9 Å². The number of rotatable bonds is 6. The van der Waals surface area contributed by atoms with Crippen LogP contribution in [0.4, 0.5) is 0 Å². The molecule has 0 spiro atoms. The van der Waals surface area contributed by atoms with Crippen molar-refractivity contribution in [3.8, 4) is 11.8 Å². The largest absolute Gasteiger partial charge is 0.497 e. The second-order valence-electron chi connectivity index (χ2n) is 4.59. The van der Waals surface area contributed by atoms with Crippen LogP contribution < -0.4 is 4.74 Å². The van der Waals surface area contributed by atoms with E-state index in [0.29, 0.717) is 0 Å². The first kappa shape index (κ1) is 14.5. The van der Waals surface area contributed by atoms with E-state index in [-0.39, 0.29) is 6.04 Å². The monoisotopic (exact) mass is 247 g/mol. The lowest BCUT2D eigenvalue weighted by molar-refractivity contribution is 0.252. The molecular weight excluding hydrogens is 226 g/mol. The second-order valence-corrected chi connectivity index (χ2v) is 4.59. The van der Waals surface area contributed by atoms with E-state index in [9.17, 15) is 5.26 Å². The number of likely N-dealkylation sites (N-methyl/N-ethyl adjacent to an activating group) is 2. The number of methoxy groups -OCH3 is 1. The molecule has 0 amide bonds. The molecule has 1 atom stereocenters. The van der Waals surface area contributed by atoms with Gasteiger partial charge in [-0.05, 0) is 38.8 Å². The van der Waals surface area contributed by atoms with Crippen molar-refractivity contribution in [1.82, 2.24) is 9.80 Å². The standard InChI is InChI=1S/C14H21N3O/c1-16(2)8-9-17(3)14(11-15)12-6-5-7-13(10-12)18-4/h5-7,10,14H,8-9H2,1-4H3. The Morgan fingerprint density at radius 2 is 2.00 bits per heavy atom. The molecule has 98 valence electrons. The summed E-state index contributed by atoms with van der Waals surface area (Å²) in [4.78, 5) is 4.16. The molecule has 1 aromatic rings. The lowest BCUT2D eigenvalue weighted by atomic mass is 10.1. The van der Waals surface area contributed by atoms with Gasteiger partial charge in [0.1, 0.15) is 11.8 Å². The maximum atomic E-state index is 9.33. The Morgan fingerprint density at radius 3 is 2.56 bits per heavy atom. The predicted molar refractivity (Wildman–Crippen MR) is 72.5 cm³/mol. The summed E-state index contributed by atoms with van der Waals surface area (Å²) < 4.78 is 5.19. The van der Waals surface area contributed by atoms with Crippen LogP contribution in [0.3, 0.4) is 0 Å². The number of hydrogen-bond acceptors (Lipinski definition) is 4. The van der Waals surface area contributed by atoms with Crippen LogP contribution in [0.15, 0.2) is 24.3 Å². The SMILES string of the molecule is COc1cccc(C(C#N)N(C)CCN(C)C)c1. The zero-order valence-corrected chi connectivity index (χ0v) is 11.6. The molecule has 0 heterocycles. The summed E-state index contributed by atoms with van der Waals surface area (Å²) >= 11 is 0. The zero-order valence-electron chi connectivity index (χ0n) is 11.6. The van der Waals surface area contributed by atoms with Crippen molar-refractivity contribution in [3.05, 3.63) is 29.8 Å². The summed E-state index contributed by atoms with van der Waals surface area (Å²) in [7, 11) is 7.66. The molecule has 4 nitrogen and oxygen atoms in total. The number of ether oxygens (including phenoxy) is 1. The van der Waals surface area contributed by atoms with Crippen molar-refractivity contribution in [2.24, 2.45) is 0 Å². The molecule has 0 saturated heterocycles. The van der Waals surface area contributed by atoms with Gasteiger partial charge in [-0.25, -0.2) is 0 Å². The minimum atomic E-state index is -0.236. The fraction of sp³-hybridized carbons (Fsp3) is 0.500. The van der Waals surface area contributed by atoms with Crippen molar-refractivity contribution >= 4 is 0 Å². The summed E-state index contributed by atoms with van der Waals surface area (Å²) in [6.07, 6.45) is 0. The molecule has 0 N–H and O–H groups in total. The quantitative estimate of drug-likeness (QED) is 0.768. The highest BCUT2D eigenvalue weighted by molar-refractivity contribution is 5.33. The molecule has 0 saturated carbocycles. The van der Waals surface area contributed by atoms with Gasteiger partial charge in [0.05, 0.1) is 13.2 Å². The molecule has 1 aromatic carbocycles. The highest BCUT2D eigenvalue weighted by atomic mass is 16.5. The first-order chi connectivity index (χ1) is 8.58. The van der Waals surface area contributed by atoms with Crippen LogP contribution in [0.1, 0.15) is 11.6 Å². The average molecular weight is 247 g/mol. The van der Waals surface area contributed by atoms with Crippen molar-refractivity contribution in [3.63, 3.8) is 0 Å². The van der Waals surface area contributed by atoms with Gasteiger partial charge in [-0.15, -0.1) is 0 Å². The zero-order chi connectivity index (χ0) is 13.5. The van der Waals surface area contributed by atoms with Crippen LogP contribution in [0.5, 0.6) is 5.75 Å². The number of nitrogens with zero attached hydrogens (tertiary/aromatic N) is 3. The van der Waals surface area contributed by atoms with Crippen molar-refractivity contribution < 1.29 is 4.74 Å². The molecule has 4 heteroatoms. The number of hydrogen-bond donors (Lipinski definition) is 0. The summed E-state index contributed by atoms with van der Waals surface area (Å²) in [6.45, 7) is 1.78. The molecule has 0 radical (unpaired) electrons. The van der Waals surface area contributed by atoms with Gasteiger partial charge in [0, 0.05) is 13.1 Å². The van der Waals surface area contributed by atoms with E-state index in [4.69, 9.17) is 4.74 Å². The van der Waals surface area contributed by atoms with Gasteiger partial charge in [0.25, 0.3) is 0 Å². The Morgan fingerprint density at radius 1 is 1.28 bits per heavy atom. The first-order valence-corrected chi connectivity index (χ1v) is 5.97. The first-order valence-electron chi connectivity index (χ1n) is 5.97. The van der Waals surface area contributed by atoms with E-state index in [1.54, 1.807) is 7.11 Å². The molecule has 0 aliphatic rings. The lowest BCUT2D eigenvalue weighted by Gasteiger charge is -2.24. The molecule has 0 aliphatic heterocycles. The van der Waals surface area contributed by atoms with Gasteiger partial charge >= 0.3 is 0 Å². The lowest BCUT2D eigenvalue weighted by Crippen LogP contribution is -2.31. The molecule has 1 unspecified atom stereocenters. The summed E-state index contributed by atoms with van der Waals surface area (Å²) in [6, 6.07) is 9.79. The Bertz CT molecular complexity index is 412. The predicted octanol–water partition coefficient (Wildman–Crippen LogP) is 1.75. The van der Waals surface area contributed by atoms with Crippen LogP contribution in [-0.4, -0.2) is 51.1 Å². The van der Waals surface area contributed by atoms with E-state index >= 15 is 0 Å². The molecule has 1 rings (SSSR count). The van der Waals surface area contributed by atoms with E-state index in [0.717, 1.165) is 24.4 Å². The van der Waals surface area contributed by atoms with Crippen LogP contribution >= 0.6 is 0 Å². The third kappa shape index (κ3) is 4.02. The van der Waals surface area contributed by atoms with Crippen LogP contribution in [0, 0.1) is 11.3 Å². The normalized spacial score (nSPS) is 12.5. The molecule has 0 aliphatic carbocycles. The number of nitriles is 1. The third-order valence-electron chi connectivity index (χ3n) is 2.87. The van der Waals surface area contributed by atoms with Crippen LogP contribution in [0.2, 0.25) is 0 Å². The summed E-state index contributed by atoms with van der Waals surface area (Å²) in [5.41, 5.74) is 0.970. The van der Waals surface area contributed by atoms with Gasteiger partial charge in [0.2, 0.25) is 0 Å². The summed E-state index contributed by atoms with van der Waals surface area (Å²) in [5, 5.41) is 9.33. The molecule has 0 fully saturated rings. The van der Waals surface area contributed by atoms with Gasteiger partial charge in [-0.2, -0.15) is 5.26 Å². The minimum Gasteiger partial charge on any atom is -0.497 e. The van der Waals surface area contributed by atoms with Crippen LogP contribution in [0.25, 0.3) is 0 Å². The van der Waals surface area contributed by atoms with E-state index in [1.807, 2.05) is 45.4 Å². The Balaban J connectivity index is 2.79. The van der Waals surface area contributed by atoms with E-state index in [1.165, 1.54) is 0 Å². The van der Waals surface area contributed by atoms with Gasteiger partial charge in [0.15, 0.2) is 0 Å². The van der Waals surface area contributed by atoms with Gasteiger partial charge in [-0.1, -0.05) is 12.1 Å². The van der Waals surface area contributed by atoms with Gasteiger partial charge in [-0.3, -0.25) is 4.90 Å². The smallest absolute Gasteiger partial charge is 0.123 e. The Kier molecular flexibility index (Phi) is 5.63. The fourth-order valence-corrected chi connectivity index (χ4v) is 1.73. The highest BCUT2D eigenvalue weighted by Crippen LogP contribution is 2.22. The molecule has 18 heavy (non-hydrogen) atoms. The average Bonchev–Trinajstić information content (AvgIpc) is 2.37. The Labute approximate surface area is 109 Å².